The molecule has 1 atom stereocenters. The summed E-state index contributed by atoms with van der Waals surface area (Å²) in [5.74, 6) is 0.0751. The average molecular weight is 352 g/mol. The lowest BCUT2D eigenvalue weighted by atomic mass is 10.1. The van der Waals surface area contributed by atoms with Crippen LogP contribution in [0.5, 0.6) is 0 Å². The van der Waals surface area contributed by atoms with Crippen LogP contribution in [0.2, 0.25) is 0 Å². The SMILES string of the molecule is COC1CCCN(c2ccc(NC(=O)CCCc3ccccc3)cc2)C1. The molecule has 4 nitrogen and oxygen atoms in total. The van der Waals surface area contributed by atoms with Gasteiger partial charge in [0.05, 0.1) is 6.10 Å². The first-order valence-corrected chi connectivity index (χ1v) is 9.46. The van der Waals surface area contributed by atoms with Gasteiger partial charge in [-0.2, -0.15) is 0 Å². The van der Waals surface area contributed by atoms with Gasteiger partial charge in [-0.1, -0.05) is 30.3 Å². The normalized spacial score (nSPS) is 17.1. The fraction of sp³-hybridized carbons (Fsp3) is 0.409. The lowest BCUT2D eigenvalue weighted by Crippen LogP contribution is -2.39. The van der Waals surface area contributed by atoms with Gasteiger partial charge in [-0.05, 0) is 55.5 Å². The maximum Gasteiger partial charge on any atom is 0.224 e. The summed E-state index contributed by atoms with van der Waals surface area (Å²) in [7, 11) is 1.78. The quantitative estimate of drug-likeness (QED) is 0.809. The van der Waals surface area contributed by atoms with E-state index in [1.54, 1.807) is 7.11 Å². The number of nitrogens with zero attached hydrogens (tertiary/aromatic N) is 1. The van der Waals surface area contributed by atoms with E-state index in [1.807, 2.05) is 30.3 Å². The minimum Gasteiger partial charge on any atom is -0.380 e. The van der Waals surface area contributed by atoms with Crippen molar-refractivity contribution in [2.75, 3.05) is 30.4 Å². The number of ether oxygens (including phenoxy) is 1. The number of piperidine rings is 1. The molecule has 0 radical (unpaired) electrons. The van der Waals surface area contributed by atoms with E-state index in [2.05, 4.69) is 34.5 Å². The Hall–Kier alpha value is -2.33. The highest BCUT2D eigenvalue weighted by Crippen LogP contribution is 2.23. The maximum atomic E-state index is 12.1. The van der Waals surface area contributed by atoms with Crippen molar-refractivity contribution in [3.05, 3.63) is 60.2 Å². The maximum absolute atomic E-state index is 12.1. The molecule has 2 aromatic carbocycles. The molecule has 0 saturated carbocycles. The summed E-state index contributed by atoms with van der Waals surface area (Å²) < 4.78 is 5.49. The zero-order valence-corrected chi connectivity index (χ0v) is 15.5. The molecule has 1 heterocycles. The molecule has 1 aliphatic heterocycles. The highest BCUT2D eigenvalue weighted by Gasteiger charge is 2.19. The Bertz CT molecular complexity index is 685. The van der Waals surface area contributed by atoms with Gasteiger partial charge >= 0.3 is 0 Å². The lowest BCUT2D eigenvalue weighted by Gasteiger charge is -2.33. The number of carbonyl (C=O) groups is 1. The van der Waals surface area contributed by atoms with Crippen molar-refractivity contribution in [3.8, 4) is 0 Å². The fourth-order valence-corrected chi connectivity index (χ4v) is 3.44. The Balaban J connectivity index is 1.45. The van der Waals surface area contributed by atoms with Gasteiger partial charge in [0.1, 0.15) is 0 Å². The lowest BCUT2D eigenvalue weighted by molar-refractivity contribution is -0.116. The highest BCUT2D eigenvalue weighted by molar-refractivity contribution is 5.90. The summed E-state index contributed by atoms with van der Waals surface area (Å²) >= 11 is 0. The molecule has 138 valence electrons. The van der Waals surface area contributed by atoms with Crippen LogP contribution >= 0.6 is 0 Å². The van der Waals surface area contributed by atoms with E-state index in [4.69, 9.17) is 4.74 Å². The molecule has 0 aromatic heterocycles. The van der Waals surface area contributed by atoms with Crippen LogP contribution in [0.25, 0.3) is 0 Å². The zero-order chi connectivity index (χ0) is 18.2. The van der Waals surface area contributed by atoms with Crippen LogP contribution in [0, 0.1) is 0 Å². The van der Waals surface area contributed by atoms with E-state index >= 15 is 0 Å². The van der Waals surface area contributed by atoms with Gasteiger partial charge in [0.15, 0.2) is 0 Å². The third-order valence-electron chi connectivity index (χ3n) is 4.94. The van der Waals surface area contributed by atoms with Crippen LogP contribution in [-0.4, -0.2) is 32.2 Å². The van der Waals surface area contributed by atoms with Crippen molar-refractivity contribution < 1.29 is 9.53 Å². The summed E-state index contributed by atoms with van der Waals surface area (Å²) in [5, 5.41) is 3.00. The van der Waals surface area contributed by atoms with E-state index in [1.165, 1.54) is 11.3 Å². The van der Waals surface area contributed by atoms with Gasteiger partial charge < -0.3 is 15.0 Å². The largest absolute Gasteiger partial charge is 0.380 e. The van der Waals surface area contributed by atoms with Crippen LogP contribution in [-0.2, 0) is 16.0 Å². The van der Waals surface area contributed by atoms with Crippen LogP contribution in [0.1, 0.15) is 31.2 Å². The second-order valence-corrected chi connectivity index (χ2v) is 6.88. The molecule has 26 heavy (non-hydrogen) atoms. The van der Waals surface area contributed by atoms with Gasteiger partial charge in [0.2, 0.25) is 5.91 Å². The first kappa shape index (κ1) is 18.5. The molecule has 1 amide bonds. The number of hydrogen-bond acceptors (Lipinski definition) is 3. The van der Waals surface area contributed by atoms with Crippen molar-refractivity contribution in [2.24, 2.45) is 0 Å². The molecule has 2 aromatic rings. The molecule has 1 N–H and O–H groups in total. The zero-order valence-electron chi connectivity index (χ0n) is 15.5. The van der Waals surface area contributed by atoms with Crippen LogP contribution in [0.4, 0.5) is 11.4 Å². The van der Waals surface area contributed by atoms with E-state index < -0.39 is 0 Å². The van der Waals surface area contributed by atoms with Crippen molar-refractivity contribution in [1.82, 2.24) is 0 Å². The van der Waals surface area contributed by atoms with Crippen molar-refractivity contribution in [2.45, 2.75) is 38.2 Å². The van der Waals surface area contributed by atoms with Gasteiger partial charge in [0.25, 0.3) is 0 Å². The van der Waals surface area contributed by atoms with Gasteiger partial charge in [0, 0.05) is 38.0 Å². The number of rotatable bonds is 7. The molecule has 0 aliphatic carbocycles. The number of carbonyl (C=O) groups excluding carboxylic acids is 1. The molecule has 3 rings (SSSR count). The predicted octanol–water partition coefficient (Wildman–Crippen LogP) is 4.26. The summed E-state index contributed by atoms with van der Waals surface area (Å²) in [6.07, 6.45) is 4.93. The molecule has 1 fully saturated rings. The number of benzene rings is 2. The number of hydrogen-bond donors (Lipinski definition) is 1. The second kappa shape index (κ2) is 9.39. The van der Waals surface area contributed by atoms with Gasteiger partial charge in [-0.25, -0.2) is 0 Å². The molecule has 1 unspecified atom stereocenters. The Morgan fingerprint density at radius 2 is 1.92 bits per heavy atom. The average Bonchev–Trinajstić information content (AvgIpc) is 2.69. The smallest absolute Gasteiger partial charge is 0.224 e. The van der Waals surface area contributed by atoms with Crippen molar-refractivity contribution in [1.29, 1.82) is 0 Å². The minimum atomic E-state index is 0.0751. The van der Waals surface area contributed by atoms with E-state index in [9.17, 15) is 4.79 Å². The number of amides is 1. The molecule has 4 heteroatoms. The van der Waals surface area contributed by atoms with E-state index in [0.717, 1.165) is 44.5 Å². The number of methoxy groups -OCH3 is 1. The summed E-state index contributed by atoms with van der Waals surface area (Å²) in [6.45, 7) is 1.99. The van der Waals surface area contributed by atoms with Crippen LogP contribution in [0.3, 0.4) is 0 Å². The van der Waals surface area contributed by atoms with E-state index in [-0.39, 0.29) is 5.91 Å². The molecular formula is C22H28N2O2. The van der Waals surface area contributed by atoms with Crippen LogP contribution in [0.15, 0.2) is 54.6 Å². The fourth-order valence-electron chi connectivity index (χ4n) is 3.44. The third kappa shape index (κ3) is 5.33. The van der Waals surface area contributed by atoms with Gasteiger partial charge in [-0.15, -0.1) is 0 Å². The number of anilines is 2. The Morgan fingerprint density at radius 1 is 1.15 bits per heavy atom. The summed E-state index contributed by atoms with van der Waals surface area (Å²) in [6, 6.07) is 18.4. The Kier molecular flexibility index (Phi) is 6.67. The standard InChI is InChI=1S/C22H28N2O2/c1-26-21-10-6-16-24(17-21)20-14-12-19(13-15-20)23-22(25)11-5-9-18-7-3-2-4-8-18/h2-4,7-8,12-15,21H,5-6,9-11,16-17H2,1H3,(H,23,25). The monoisotopic (exact) mass is 352 g/mol. The topological polar surface area (TPSA) is 41.6 Å². The van der Waals surface area contributed by atoms with Crippen LogP contribution < -0.4 is 10.2 Å². The first-order chi connectivity index (χ1) is 12.7. The highest BCUT2D eigenvalue weighted by atomic mass is 16.5. The number of aryl methyl sites for hydroxylation is 1. The van der Waals surface area contributed by atoms with Crippen molar-refractivity contribution in [3.63, 3.8) is 0 Å². The number of nitrogens with one attached hydrogen (secondary N) is 1. The Morgan fingerprint density at radius 3 is 2.65 bits per heavy atom. The van der Waals surface area contributed by atoms with E-state index in [0.29, 0.717) is 12.5 Å². The second-order valence-electron chi connectivity index (χ2n) is 6.88. The predicted molar refractivity (Wildman–Crippen MR) is 107 cm³/mol. The Labute approximate surface area is 156 Å². The molecule has 1 aliphatic rings. The minimum absolute atomic E-state index is 0.0751. The summed E-state index contributed by atoms with van der Waals surface area (Å²) in [5.41, 5.74) is 3.33. The molecule has 0 bridgehead atoms. The van der Waals surface area contributed by atoms with Crippen molar-refractivity contribution >= 4 is 17.3 Å². The summed E-state index contributed by atoms with van der Waals surface area (Å²) in [4.78, 5) is 14.5. The molecule has 1 saturated heterocycles. The third-order valence-corrected chi connectivity index (χ3v) is 4.94. The molecule has 0 spiro atoms. The van der Waals surface area contributed by atoms with Gasteiger partial charge in [-0.3, -0.25) is 4.79 Å². The molecular weight excluding hydrogens is 324 g/mol. The first-order valence-electron chi connectivity index (χ1n) is 9.46.